The Bertz CT molecular complexity index is 2130. The molecule has 0 atom stereocenters. The molecule has 0 fully saturated rings. The summed E-state index contributed by atoms with van der Waals surface area (Å²) in [5.41, 5.74) is 7.64. The zero-order valence-electron chi connectivity index (χ0n) is 25.3. The van der Waals surface area contributed by atoms with Crippen molar-refractivity contribution in [2.45, 2.75) is 19.0 Å². The monoisotopic (exact) mass is 599 g/mol. The van der Waals surface area contributed by atoms with Crippen LogP contribution in [0, 0.1) is 6.92 Å². The van der Waals surface area contributed by atoms with Crippen LogP contribution in [0.1, 0.15) is 28.1 Å². The maximum absolute atomic E-state index is 4.75. The lowest BCUT2D eigenvalue weighted by Gasteiger charge is -2.33. The minimum Gasteiger partial charge on any atom is -0.266 e. The van der Waals surface area contributed by atoms with Gasteiger partial charge in [0.05, 0.1) is 12.1 Å². The number of fused-ring (bicyclic) bond motifs is 1. The molecule has 0 aliphatic heterocycles. The van der Waals surface area contributed by atoms with Crippen molar-refractivity contribution in [3.8, 4) is 22.5 Å². The van der Waals surface area contributed by atoms with Crippen molar-refractivity contribution < 1.29 is 4.68 Å². The molecule has 0 aliphatic carbocycles. The Balaban J connectivity index is 1.26. The van der Waals surface area contributed by atoms with Crippen LogP contribution in [0.3, 0.4) is 0 Å². The smallest absolute Gasteiger partial charge is 0.266 e. The van der Waals surface area contributed by atoms with Gasteiger partial charge in [-0.05, 0) is 29.7 Å². The Morgan fingerprint density at radius 1 is 0.652 bits per heavy atom. The van der Waals surface area contributed by atoms with Gasteiger partial charge in [-0.1, -0.05) is 139 Å². The summed E-state index contributed by atoms with van der Waals surface area (Å²) in [5, 5.41) is 17.0. The average molecular weight is 600 g/mol. The highest BCUT2D eigenvalue weighted by molar-refractivity contribution is 5.79. The molecule has 0 bridgehead atoms. The Hall–Kier alpha value is -6.15. The molecule has 1 N–H and O–H groups in total. The van der Waals surface area contributed by atoms with Gasteiger partial charge in [-0.2, -0.15) is 4.63 Å². The van der Waals surface area contributed by atoms with E-state index in [2.05, 4.69) is 151 Å². The van der Waals surface area contributed by atoms with Crippen molar-refractivity contribution in [2.24, 2.45) is 0 Å². The molecule has 3 heterocycles. The maximum Gasteiger partial charge on any atom is 0.334 e. The summed E-state index contributed by atoms with van der Waals surface area (Å²) in [6.07, 6.45) is 2.01. The Morgan fingerprint density at radius 2 is 1.22 bits per heavy atom. The molecule has 8 heteroatoms. The van der Waals surface area contributed by atoms with E-state index in [4.69, 9.17) is 5.10 Å². The van der Waals surface area contributed by atoms with Crippen LogP contribution >= 0.6 is 0 Å². The van der Waals surface area contributed by atoms with E-state index < -0.39 is 5.54 Å². The van der Waals surface area contributed by atoms with Crippen LogP contribution in [0.5, 0.6) is 0 Å². The lowest BCUT2D eigenvalue weighted by Crippen LogP contribution is -2.61. The highest BCUT2D eigenvalue weighted by Crippen LogP contribution is 2.38. The van der Waals surface area contributed by atoms with E-state index in [-0.39, 0.29) is 0 Å². The van der Waals surface area contributed by atoms with E-state index >= 15 is 0 Å². The number of nitrogens with zero attached hydrogens (tertiary/aromatic N) is 7. The molecular weight excluding hydrogens is 568 g/mol. The van der Waals surface area contributed by atoms with E-state index in [1.54, 1.807) is 0 Å². The molecule has 222 valence electrons. The first-order valence-electron chi connectivity index (χ1n) is 15.3. The van der Waals surface area contributed by atoms with Gasteiger partial charge in [0.2, 0.25) is 0 Å². The number of H-pyrrole nitrogens is 1. The van der Waals surface area contributed by atoms with Crippen LogP contribution in [-0.2, 0) is 12.1 Å². The summed E-state index contributed by atoms with van der Waals surface area (Å²) in [5.74, 6) is 1.49. The number of rotatable bonds is 8. The number of aromatic amines is 1. The van der Waals surface area contributed by atoms with Crippen molar-refractivity contribution >= 4 is 5.65 Å². The molecule has 0 aliphatic rings. The highest BCUT2D eigenvalue weighted by Gasteiger charge is 2.46. The second kappa shape index (κ2) is 11.4. The zero-order valence-corrected chi connectivity index (χ0v) is 25.3. The molecule has 0 amide bonds. The standard InChI is InChI=1S/C38H30N8/c1-28-39-36-25-26-44(46(36)41-28)27-29-21-23-30(24-22-29)34-19-11-12-20-35(34)37-40-42-43-45(37)38(31-13-5-2-6-14-31,32-15-7-3-8-16-32)33-17-9-4-10-18-33/h2-26H,27H2,1H3/p+1. The summed E-state index contributed by atoms with van der Waals surface area (Å²) in [4.78, 5) is 4.46. The van der Waals surface area contributed by atoms with Crippen molar-refractivity contribution in [2.75, 3.05) is 0 Å². The van der Waals surface area contributed by atoms with Crippen molar-refractivity contribution in [1.29, 1.82) is 0 Å². The molecule has 8 aromatic rings. The molecule has 0 spiro atoms. The van der Waals surface area contributed by atoms with Crippen LogP contribution in [0.2, 0.25) is 0 Å². The summed E-state index contributed by atoms with van der Waals surface area (Å²) in [6, 6.07) is 50.7. The molecule has 8 rings (SSSR count). The number of hydrogen-bond donors (Lipinski definition) is 1. The van der Waals surface area contributed by atoms with Gasteiger partial charge in [-0.25, -0.2) is 4.98 Å². The third-order valence-electron chi connectivity index (χ3n) is 8.55. The molecule has 8 nitrogen and oxygen atoms in total. The maximum atomic E-state index is 4.75. The minimum absolute atomic E-state index is 0.686. The number of nitrogens with one attached hydrogen (secondary N) is 1. The van der Waals surface area contributed by atoms with Gasteiger partial charge >= 0.3 is 5.82 Å². The van der Waals surface area contributed by atoms with Crippen molar-refractivity contribution in [3.63, 3.8) is 0 Å². The normalized spacial score (nSPS) is 11.7. The lowest BCUT2D eigenvalue weighted by atomic mass is 9.77. The number of tetrazole rings is 1. The zero-order chi connectivity index (χ0) is 30.9. The lowest BCUT2D eigenvalue weighted by molar-refractivity contribution is -0.779. The molecule has 0 radical (unpaired) electrons. The van der Waals surface area contributed by atoms with Crippen LogP contribution in [0.15, 0.2) is 152 Å². The van der Waals surface area contributed by atoms with Gasteiger partial charge in [0.25, 0.3) is 0 Å². The molecule has 3 aromatic heterocycles. The Morgan fingerprint density at radius 3 is 1.83 bits per heavy atom. The Kier molecular flexibility index (Phi) is 6.80. The van der Waals surface area contributed by atoms with Crippen LogP contribution in [-0.4, -0.2) is 34.9 Å². The molecule has 0 saturated heterocycles. The van der Waals surface area contributed by atoms with E-state index in [0.29, 0.717) is 6.54 Å². The first-order valence-corrected chi connectivity index (χ1v) is 15.3. The first kappa shape index (κ1) is 27.4. The SMILES string of the molecule is Cc1nc2ccn(Cc3ccc(-c4ccccc4-c4nn[nH][n+]4C(c4ccccc4)(c4ccccc4)c4ccccc4)cc3)n2n1. The second-order valence-corrected chi connectivity index (χ2v) is 11.3. The topological polar surface area (TPSA) is 80.6 Å². The van der Waals surface area contributed by atoms with E-state index in [9.17, 15) is 0 Å². The fraction of sp³-hybridized carbons (Fsp3) is 0.0789. The van der Waals surface area contributed by atoms with Gasteiger partial charge < -0.3 is 0 Å². The average Bonchev–Trinajstić information content (AvgIpc) is 3.84. The molecule has 0 unspecified atom stereocenters. The molecular formula is C38H31N8+. The van der Waals surface area contributed by atoms with E-state index in [1.807, 2.05) is 42.0 Å². The van der Waals surface area contributed by atoms with E-state index in [0.717, 1.165) is 50.7 Å². The Labute approximate surface area is 266 Å². The first-order chi connectivity index (χ1) is 22.7. The predicted molar refractivity (Wildman–Crippen MR) is 177 cm³/mol. The molecule has 0 saturated carbocycles. The highest BCUT2D eigenvalue weighted by atomic mass is 15.6. The quantitative estimate of drug-likeness (QED) is 0.160. The third kappa shape index (κ3) is 4.59. The number of benzene rings is 5. The van der Waals surface area contributed by atoms with Gasteiger partial charge in [0.1, 0.15) is 10.9 Å². The summed E-state index contributed by atoms with van der Waals surface area (Å²) in [7, 11) is 0. The fourth-order valence-electron chi connectivity index (χ4n) is 6.50. The third-order valence-corrected chi connectivity index (χ3v) is 8.55. The van der Waals surface area contributed by atoms with Crippen molar-refractivity contribution in [1.82, 2.24) is 34.9 Å². The fourth-order valence-corrected chi connectivity index (χ4v) is 6.50. The van der Waals surface area contributed by atoms with Crippen LogP contribution in [0.4, 0.5) is 0 Å². The van der Waals surface area contributed by atoms with Gasteiger partial charge in [-0.3, -0.25) is 4.68 Å². The number of hydrogen-bond acceptors (Lipinski definition) is 4. The minimum atomic E-state index is -0.776. The number of aromatic nitrogens is 8. The number of aryl methyl sites for hydroxylation is 1. The summed E-state index contributed by atoms with van der Waals surface area (Å²) >= 11 is 0. The van der Waals surface area contributed by atoms with Crippen LogP contribution < -0.4 is 4.68 Å². The van der Waals surface area contributed by atoms with Gasteiger partial charge in [0.15, 0.2) is 16.4 Å². The largest absolute Gasteiger partial charge is 0.334 e. The van der Waals surface area contributed by atoms with Gasteiger partial charge in [-0.15, -0.1) is 9.78 Å². The second-order valence-electron chi connectivity index (χ2n) is 11.3. The van der Waals surface area contributed by atoms with Crippen molar-refractivity contribution in [3.05, 3.63) is 180 Å². The predicted octanol–water partition coefficient (Wildman–Crippen LogP) is 6.47. The molecule has 5 aromatic carbocycles. The van der Waals surface area contributed by atoms with Gasteiger partial charge in [0, 0.05) is 29.0 Å². The van der Waals surface area contributed by atoms with Crippen LogP contribution in [0.25, 0.3) is 28.2 Å². The molecule has 46 heavy (non-hydrogen) atoms. The summed E-state index contributed by atoms with van der Waals surface area (Å²) in [6.45, 7) is 2.59. The summed E-state index contributed by atoms with van der Waals surface area (Å²) < 4.78 is 6.02. The van der Waals surface area contributed by atoms with E-state index in [1.165, 1.54) is 5.56 Å².